The molecule has 0 aromatic heterocycles. The Morgan fingerprint density at radius 3 is 2.06 bits per heavy atom. The van der Waals surface area contributed by atoms with E-state index in [1.54, 1.807) is 0 Å². The van der Waals surface area contributed by atoms with Crippen LogP contribution in [-0.2, 0) is 23.9 Å². The van der Waals surface area contributed by atoms with Gasteiger partial charge in [0.05, 0.1) is 29.7 Å². The Bertz CT molecular complexity index is 859. The molecule has 1 aliphatic rings. The monoisotopic (exact) mass is 449 g/mol. The lowest BCUT2D eigenvalue weighted by atomic mass is 9.61. The summed E-state index contributed by atoms with van der Waals surface area (Å²) >= 11 is 0. The molecule has 0 amide bonds. The van der Waals surface area contributed by atoms with E-state index in [9.17, 15) is 29.6 Å². The van der Waals surface area contributed by atoms with E-state index in [0.29, 0.717) is 5.56 Å². The van der Waals surface area contributed by atoms with Crippen LogP contribution in [0.1, 0.15) is 52.5 Å². The zero-order valence-corrected chi connectivity index (χ0v) is 19.1. The Labute approximate surface area is 187 Å². The van der Waals surface area contributed by atoms with Crippen LogP contribution in [0.2, 0.25) is 0 Å². The minimum absolute atomic E-state index is 0.0328. The Morgan fingerprint density at radius 2 is 1.59 bits per heavy atom. The number of carbonyl (C=O) groups excluding carboxylic acids is 3. The number of rotatable bonds is 8. The predicted octanol–water partition coefficient (Wildman–Crippen LogP) is 3.03. The summed E-state index contributed by atoms with van der Waals surface area (Å²) in [7, 11) is 0. The van der Waals surface area contributed by atoms with E-state index < -0.39 is 52.4 Å². The van der Waals surface area contributed by atoms with Crippen LogP contribution in [0.25, 0.3) is 0 Å². The lowest BCUT2D eigenvalue weighted by molar-refractivity contribution is -0.384. The van der Waals surface area contributed by atoms with Gasteiger partial charge in [0, 0.05) is 24.5 Å². The molecule has 0 radical (unpaired) electrons. The van der Waals surface area contributed by atoms with Crippen molar-refractivity contribution in [2.45, 2.75) is 52.6 Å². The van der Waals surface area contributed by atoms with Crippen molar-refractivity contribution in [1.29, 1.82) is 0 Å². The first-order valence-electron chi connectivity index (χ1n) is 10.7. The molecule has 1 saturated carbocycles. The van der Waals surface area contributed by atoms with Crippen molar-refractivity contribution in [1.82, 2.24) is 0 Å². The summed E-state index contributed by atoms with van der Waals surface area (Å²) in [6, 6.07) is 5.25. The van der Waals surface area contributed by atoms with E-state index in [0.717, 1.165) is 0 Å². The zero-order chi connectivity index (χ0) is 24.2. The lowest BCUT2D eigenvalue weighted by Crippen LogP contribution is -2.55. The standard InChI is InChI=1S/C23H31NO8/c1-13(2)11-31-21(26)19-17(25)10-23(5,28)20(22(27)32-12-14(3)4)18(19)15-6-8-16(9-7-15)24(29)30/h6-9,13-14,18-20,28H,10-12H2,1-5H3/t18-,19-,20-,23+/m1/s1. The normalized spacial score (nSPS) is 25.6. The van der Waals surface area contributed by atoms with Crippen molar-refractivity contribution in [2.24, 2.45) is 23.7 Å². The summed E-state index contributed by atoms with van der Waals surface area (Å²) in [6.07, 6.45) is -0.417. The molecule has 0 aliphatic heterocycles. The fraction of sp³-hybridized carbons (Fsp3) is 0.609. The average molecular weight is 450 g/mol. The van der Waals surface area contributed by atoms with Crippen molar-refractivity contribution in [3.05, 3.63) is 39.9 Å². The summed E-state index contributed by atoms with van der Waals surface area (Å²) in [5.41, 5.74) is -1.62. The van der Waals surface area contributed by atoms with Crippen LogP contribution in [0.5, 0.6) is 0 Å². The highest BCUT2D eigenvalue weighted by Gasteiger charge is 2.57. The lowest BCUT2D eigenvalue weighted by Gasteiger charge is -2.43. The maximum Gasteiger partial charge on any atom is 0.317 e. The topological polar surface area (TPSA) is 133 Å². The predicted molar refractivity (Wildman–Crippen MR) is 115 cm³/mol. The van der Waals surface area contributed by atoms with E-state index in [1.165, 1.54) is 31.2 Å². The van der Waals surface area contributed by atoms with Crippen LogP contribution < -0.4 is 0 Å². The third-order valence-electron chi connectivity index (χ3n) is 5.38. The van der Waals surface area contributed by atoms with Crippen LogP contribution in [-0.4, -0.2) is 46.6 Å². The SMILES string of the molecule is CC(C)COC(=O)[C@@H]1C(=O)C[C@](C)(O)[C@@H](C(=O)OCC(C)C)[C@@H]1c1ccc([N+](=O)[O-])cc1. The molecule has 0 unspecified atom stereocenters. The van der Waals surface area contributed by atoms with Crippen molar-refractivity contribution in [2.75, 3.05) is 13.2 Å². The molecule has 1 aromatic carbocycles. The Morgan fingerprint density at radius 1 is 1.09 bits per heavy atom. The molecule has 1 N–H and O–H groups in total. The first-order valence-corrected chi connectivity index (χ1v) is 10.7. The van der Waals surface area contributed by atoms with Crippen LogP contribution in [0, 0.1) is 33.8 Å². The van der Waals surface area contributed by atoms with E-state index in [4.69, 9.17) is 9.47 Å². The number of nitrogens with zero attached hydrogens (tertiary/aromatic N) is 1. The number of Topliss-reactive ketones (excluding diaryl/α,β-unsaturated/α-hetero) is 1. The fourth-order valence-electron chi connectivity index (χ4n) is 3.91. The van der Waals surface area contributed by atoms with E-state index in [1.807, 2.05) is 27.7 Å². The molecule has 1 aliphatic carbocycles. The minimum Gasteiger partial charge on any atom is -0.465 e. The molecule has 2 rings (SSSR count). The maximum atomic E-state index is 13.1. The molecule has 0 spiro atoms. The van der Waals surface area contributed by atoms with Gasteiger partial charge in [0.15, 0.2) is 5.78 Å². The van der Waals surface area contributed by atoms with E-state index in [2.05, 4.69) is 0 Å². The number of nitro benzene ring substituents is 1. The highest BCUT2D eigenvalue weighted by Crippen LogP contribution is 2.47. The van der Waals surface area contributed by atoms with Gasteiger partial charge in [0.1, 0.15) is 5.92 Å². The summed E-state index contributed by atoms with van der Waals surface area (Å²) < 4.78 is 10.7. The van der Waals surface area contributed by atoms with Gasteiger partial charge in [0.25, 0.3) is 5.69 Å². The third-order valence-corrected chi connectivity index (χ3v) is 5.38. The van der Waals surface area contributed by atoms with Crippen LogP contribution in [0.15, 0.2) is 24.3 Å². The third kappa shape index (κ3) is 5.91. The second-order valence-electron chi connectivity index (χ2n) is 9.38. The Kier molecular flexibility index (Phi) is 8.12. The van der Waals surface area contributed by atoms with Gasteiger partial charge < -0.3 is 14.6 Å². The van der Waals surface area contributed by atoms with Gasteiger partial charge >= 0.3 is 11.9 Å². The molecule has 0 bridgehead atoms. The number of esters is 2. The molecular formula is C23H31NO8. The van der Waals surface area contributed by atoms with E-state index in [-0.39, 0.29) is 30.7 Å². The summed E-state index contributed by atoms with van der Waals surface area (Å²) in [5, 5.41) is 22.1. The number of hydrogen-bond acceptors (Lipinski definition) is 8. The van der Waals surface area contributed by atoms with Gasteiger partial charge in [-0.15, -0.1) is 0 Å². The molecule has 1 aromatic rings. The number of nitro groups is 1. The number of hydrogen-bond donors (Lipinski definition) is 1. The van der Waals surface area contributed by atoms with Gasteiger partial charge in [-0.05, 0) is 24.3 Å². The zero-order valence-electron chi connectivity index (χ0n) is 19.1. The average Bonchev–Trinajstić information content (AvgIpc) is 2.69. The maximum absolute atomic E-state index is 13.1. The molecule has 0 heterocycles. The number of ether oxygens (including phenoxy) is 2. The summed E-state index contributed by atoms with van der Waals surface area (Å²) in [4.78, 5) is 49.4. The first-order chi connectivity index (χ1) is 14.8. The second-order valence-corrected chi connectivity index (χ2v) is 9.38. The second kappa shape index (κ2) is 10.2. The quantitative estimate of drug-likeness (QED) is 0.277. The molecule has 9 nitrogen and oxygen atoms in total. The van der Waals surface area contributed by atoms with Gasteiger partial charge in [-0.1, -0.05) is 39.8 Å². The number of non-ortho nitro benzene ring substituents is 1. The molecule has 1 fully saturated rings. The van der Waals surface area contributed by atoms with Gasteiger partial charge in [-0.2, -0.15) is 0 Å². The van der Waals surface area contributed by atoms with E-state index >= 15 is 0 Å². The highest BCUT2D eigenvalue weighted by molar-refractivity contribution is 6.02. The largest absolute Gasteiger partial charge is 0.465 e. The van der Waals surface area contributed by atoms with Crippen LogP contribution in [0.4, 0.5) is 5.69 Å². The number of benzene rings is 1. The first kappa shape index (κ1) is 25.5. The fourth-order valence-corrected chi connectivity index (χ4v) is 3.91. The van der Waals surface area contributed by atoms with Crippen LogP contribution >= 0.6 is 0 Å². The number of carbonyl (C=O) groups is 3. The van der Waals surface area contributed by atoms with Crippen LogP contribution in [0.3, 0.4) is 0 Å². The molecule has 32 heavy (non-hydrogen) atoms. The highest BCUT2D eigenvalue weighted by atomic mass is 16.6. The van der Waals surface area contributed by atoms with Crippen molar-refractivity contribution >= 4 is 23.4 Å². The number of aliphatic hydroxyl groups is 1. The van der Waals surface area contributed by atoms with Gasteiger partial charge in [-0.25, -0.2) is 0 Å². The summed E-state index contributed by atoms with van der Waals surface area (Å²) in [5.74, 6) is -5.68. The number of ketones is 1. The molecule has 176 valence electrons. The van der Waals surface area contributed by atoms with Crippen molar-refractivity contribution in [3.8, 4) is 0 Å². The Balaban J connectivity index is 2.55. The van der Waals surface area contributed by atoms with Crippen molar-refractivity contribution < 1.29 is 33.9 Å². The minimum atomic E-state index is -1.77. The molecule has 4 atom stereocenters. The molecular weight excluding hydrogens is 418 g/mol. The van der Waals surface area contributed by atoms with Crippen molar-refractivity contribution in [3.63, 3.8) is 0 Å². The Hall–Kier alpha value is -2.81. The molecule has 9 heteroatoms. The smallest absolute Gasteiger partial charge is 0.317 e. The summed E-state index contributed by atoms with van der Waals surface area (Å²) in [6.45, 7) is 8.97. The molecule has 0 saturated heterocycles. The van der Waals surface area contributed by atoms with Gasteiger partial charge in [0.2, 0.25) is 0 Å². The van der Waals surface area contributed by atoms with Gasteiger partial charge in [-0.3, -0.25) is 24.5 Å².